The van der Waals surface area contributed by atoms with Gasteiger partial charge in [-0.05, 0) is 32.4 Å². The number of aryl methyl sites for hydroxylation is 2. The number of H-pyrrole nitrogens is 1. The molecule has 1 aromatic heterocycles. The van der Waals surface area contributed by atoms with Crippen molar-refractivity contribution in [1.82, 2.24) is 20.1 Å². The summed E-state index contributed by atoms with van der Waals surface area (Å²) in [4.78, 5) is 18.7. The summed E-state index contributed by atoms with van der Waals surface area (Å²) in [6.07, 6.45) is 0.925. The second kappa shape index (κ2) is 5.07. The molecule has 5 nitrogen and oxygen atoms in total. The summed E-state index contributed by atoms with van der Waals surface area (Å²) < 4.78 is 0. The minimum atomic E-state index is 0.100. The van der Waals surface area contributed by atoms with Gasteiger partial charge in [0.2, 0.25) is 0 Å². The maximum absolute atomic E-state index is 12.5. The molecule has 1 amide bonds. The Morgan fingerprint density at radius 2 is 2.25 bits per heavy atom. The molecule has 0 bridgehead atoms. The van der Waals surface area contributed by atoms with Crippen molar-refractivity contribution in [2.24, 2.45) is 0 Å². The quantitative estimate of drug-likeness (QED) is 0.908. The summed E-state index contributed by atoms with van der Waals surface area (Å²) >= 11 is 0. The van der Waals surface area contributed by atoms with Crippen molar-refractivity contribution in [3.63, 3.8) is 0 Å². The van der Waals surface area contributed by atoms with Crippen LogP contribution in [0.1, 0.15) is 39.9 Å². The molecule has 104 valence electrons. The zero-order chi connectivity index (χ0) is 14.1. The molecule has 1 N–H and O–H groups in total. The first-order chi connectivity index (χ1) is 9.63. The molecule has 1 aromatic carbocycles. The Bertz CT molecular complexity index is 634. The number of benzene rings is 1. The van der Waals surface area contributed by atoms with Gasteiger partial charge in [0.25, 0.3) is 5.91 Å². The largest absolute Gasteiger partial charge is 0.338 e. The summed E-state index contributed by atoms with van der Waals surface area (Å²) in [5, 5.41) is 7.07. The Morgan fingerprint density at radius 3 is 2.95 bits per heavy atom. The number of carbonyl (C=O) groups is 1. The van der Waals surface area contributed by atoms with Crippen molar-refractivity contribution in [3.05, 3.63) is 47.0 Å². The van der Waals surface area contributed by atoms with Crippen LogP contribution in [0.3, 0.4) is 0 Å². The molecular weight excluding hydrogens is 252 g/mol. The van der Waals surface area contributed by atoms with E-state index in [4.69, 9.17) is 0 Å². The van der Waals surface area contributed by atoms with E-state index >= 15 is 0 Å². The highest BCUT2D eigenvalue weighted by Crippen LogP contribution is 2.25. The van der Waals surface area contributed by atoms with E-state index in [1.807, 2.05) is 43.0 Å². The van der Waals surface area contributed by atoms with Crippen molar-refractivity contribution in [1.29, 1.82) is 0 Å². The van der Waals surface area contributed by atoms with Crippen LogP contribution in [0.25, 0.3) is 0 Å². The zero-order valence-corrected chi connectivity index (χ0v) is 11.8. The summed E-state index contributed by atoms with van der Waals surface area (Å²) in [5.74, 6) is 1.99. The van der Waals surface area contributed by atoms with Gasteiger partial charge in [-0.3, -0.25) is 9.89 Å². The normalized spacial score (nSPS) is 18.5. The minimum absolute atomic E-state index is 0.100. The topological polar surface area (TPSA) is 61.9 Å². The van der Waals surface area contributed by atoms with Crippen molar-refractivity contribution in [3.8, 4) is 0 Å². The molecule has 1 saturated heterocycles. The molecule has 5 heteroatoms. The Labute approximate surface area is 118 Å². The molecule has 2 heterocycles. The minimum Gasteiger partial charge on any atom is -0.338 e. The van der Waals surface area contributed by atoms with Gasteiger partial charge in [0, 0.05) is 24.6 Å². The van der Waals surface area contributed by atoms with Gasteiger partial charge in [-0.15, -0.1) is 0 Å². The standard InChI is InChI=1S/C15H18N4O/c1-10-4-3-5-12(8-10)15(20)19-7-6-13(9-19)14-16-11(2)17-18-14/h3-5,8,13H,6-7,9H2,1-2H3,(H,16,17,18). The van der Waals surface area contributed by atoms with Crippen LogP contribution in [0.15, 0.2) is 24.3 Å². The molecule has 0 saturated carbocycles. The molecule has 0 radical (unpaired) electrons. The van der Waals surface area contributed by atoms with Gasteiger partial charge < -0.3 is 4.90 Å². The van der Waals surface area contributed by atoms with Crippen molar-refractivity contribution in [2.45, 2.75) is 26.2 Å². The highest BCUT2D eigenvalue weighted by Gasteiger charge is 2.30. The lowest BCUT2D eigenvalue weighted by Gasteiger charge is -2.16. The fourth-order valence-corrected chi connectivity index (χ4v) is 2.66. The van der Waals surface area contributed by atoms with Crippen LogP contribution in [0.4, 0.5) is 0 Å². The molecule has 1 unspecified atom stereocenters. The van der Waals surface area contributed by atoms with E-state index in [-0.39, 0.29) is 11.8 Å². The van der Waals surface area contributed by atoms with Gasteiger partial charge in [0.15, 0.2) is 5.82 Å². The van der Waals surface area contributed by atoms with E-state index in [9.17, 15) is 4.79 Å². The van der Waals surface area contributed by atoms with Crippen molar-refractivity contribution in [2.75, 3.05) is 13.1 Å². The number of hydrogen-bond donors (Lipinski definition) is 1. The number of aromatic nitrogens is 3. The van der Waals surface area contributed by atoms with Crippen LogP contribution in [-0.2, 0) is 0 Å². The van der Waals surface area contributed by atoms with Crippen LogP contribution in [0.5, 0.6) is 0 Å². The summed E-state index contributed by atoms with van der Waals surface area (Å²) in [7, 11) is 0. The first kappa shape index (κ1) is 12.8. The molecule has 1 aliphatic heterocycles. The zero-order valence-electron chi connectivity index (χ0n) is 11.8. The van der Waals surface area contributed by atoms with Crippen LogP contribution in [0.2, 0.25) is 0 Å². The highest BCUT2D eigenvalue weighted by atomic mass is 16.2. The lowest BCUT2D eigenvalue weighted by atomic mass is 10.1. The number of rotatable bonds is 2. The number of amides is 1. The average molecular weight is 270 g/mol. The van der Waals surface area contributed by atoms with E-state index in [1.54, 1.807) is 0 Å². The van der Waals surface area contributed by atoms with E-state index < -0.39 is 0 Å². The van der Waals surface area contributed by atoms with Crippen molar-refractivity contribution < 1.29 is 4.79 Å². The third kappa shape index (κ3) is 2.43. The summed E-state index contributed by atoms with van der Waals surface area (Å²) in [5.41, 5.74) is 1.87. The van der Waals surface area contributed by atoms with Gasteiger partial charge in [-0.25, -0.2) is 4.98 Å². The Morgan fingerprint density at radius 1 is 1.40 bits per heavy atom. The molecule has 1 atom stereocenters. The first-order valence-electron chi connectivity index (χ1n) is 6.88. The van der Waals surface area contributed by atoms with E-state index in [1.165, 1.54) is 0 Å². The highest BCUT2D eigenvalue weighted by molar-refractivity contribution is 5.94. The van der Waals surface area contributed by atoms with Gasteiger partial charge >= 0.3 is 0 Å². The van der Waals surface area contributed by atoms with E-state index in [2.05, 4.69) is 15.2 Å². The number of carbonyl (C=O) groups excluding carboxylic acids is 1. The predicted octanol–water partition coefficient (Wildman–Crippen LogP) is 2.05. The second-order valence-electron chi connectivity index (χ2n) is 5.39. The molecule has 3 rings (SSSR count). The first-order valence-corrected chi connectivity index (χ1v) is 6.88. The average Bonchev–Trinajstić information content (AvgIpc) is 3.06. The molecule has 0 spiro atoms. The second-order valence-corrected chi connectivity index (χ2v) is 5.39. The Balaban J connectivity index is 1.72. The SMILES string of the molecule is Cc1cccc(C(=O)N2CCC(c3n[nH]c(C)n3)C2)c1. The molecule has 2 aromatic rings. The monoisotopic (exact) mass is 270 g/mol. The fraction of sp³-hybridized carbons (Fsp3) is 0.400. The van der Waals surface area contributed by atoms with E-state index in [0.717, 1.165) is 35.7 Å². The lowest BCUT2D eigenvalue weighted by Crippen LogP contribution is -2.28. The predicted molar refractivity (Wildman–Crippen MR) is 75.6 cm³/mol. The number of hydrogen-bond acceptors (Lipinski definition) is 3. The van der Waals surface area contributed by atoms with Gasteiger partial charge in [-0.1, -0.05) is 17.7 Å². The number of likely N-dealkylation sites (tertiary alicyclic amines) is 1. The molecule has 1 aliphatic rings. The molecule has 20 heavy (non-hydrogen) atoms. The van der Waals surface area contributed by atoms with Gasteiger partial charge in [0.05, 0.1) is 0 Å². The van der Waals surface area contributed by atoms with Crippen LogP contribution in [-0.4, -0.2) is 39.1 Å². The maximum Gasteiger partial charge on any atom is 0.253 e. The smallest absolute Gasteiger partial charge is 0.253 e. The lowest BCUT2D eigenvalue weighted by molar-refractivity contribution is 0.0790. The van der Waals surface area contributed by atoms with Gasteiger partial charge in [0.1, 0.15) is 5.82 Å². The molecule has 0 aliphatic carbocycles. The molecular formula is C15H18N4O. The third-order valence-electron chi connectivity index (χ3n) is 3.72. The molecule has 1 fully saturated rings. The van der Waals surface area contributed by atoms with Gasteiger partial charge in [-0.2, -0.15) is 5.10 Å². The number of nitrogens with zero attached hydrogens (tertiary/aromatic N) is 3. The van der Waals surface area contributed by atoms with Crippen LogP contribution < -0.4 is 0 Å². The third-order valence-corrected chi connectivity index (χ3v) is 3.72. The summed E-state index contributed by atoms with van der Waals surface area (Å²) in [6.45, 7) is 5.36. The summed E-state index contributed by atoms with van der Waals surface area (Å²) in [6, 6.07) is 7.74. The maximum atomic E-state index is 12.5. The fourth-order valence-electron chi connectivity index (χ4n) is 2.66. The van der Waals surface area contributed by atoms with Crippen LogP contribution in [0, 0.1) is 13.8 Å². The van der Waals surface area contributed by atoms with Crippen LogP contribution >= 0.6 is 0 Å². The number of aromatic amines is 1. The Hall–Kier alpha value is -2.17. The van der Waals surface area contributed by atoms with E-state index in [0.29, 0.717) is 6.54 Å². The Kier molecular flexibility index (Phi) is 3.26. The number of nitrogens with one attached hydrogen (secondary N) is 1. The van der Waals surface area contributed by atoms with Crippen molar-refractivity contribution >= 4 is 5.91 Å².